The van der Waals surface area contributed by atoms with Crippen molar-refractivity contribution in [3.8, 4) is 0 Å². The molecule has 0 aromatic rings. The Hall–Kier alpha value is -1.91. The minimum absolute atomic E-state index is 0.115. The van der Waals surface area contributed by atoms with Crippen molar-refractivity contribution in [1.29, 1.82) is 0 Å². The van der Waals surface area contributed by atoms with E-state index in [0.717, 1.165) is 64.2 Å². The highest BCUT2D eigenvalue weighted by atomic mass is 16.6. The molecular formula is C39H68O4. The zero-order valence-corrected chi connectivity index (χ0v) is 28.2. The highest BCUT2D eigenvalue weighted by Gasteiger charge is 2.11. The molecule has 0 bridgehead atoms. The van der Waals surface area contributed by atoms with Gasteiger partial charge in [0.1, 0.15) is 12.7 Å². The average Bonchev–Trinajstić information content (AvgIpc) is 3.02. The maximum absolute atomic E-state index is 12.0. The number of allylic oxidation sites excluding steroid dienone is 10. The molecule has 0 saturated heterocycles. The van der Waals surface area contributed by atoms with Crippen LogP contribution in [0.4, 0.5) is 0 Å². The molecule has 0 saturated carbocycles. The van der Waals surface area contributed by atoms with Gasteiger partial charge in [-0.25, -0.2) is 0 Å². The Morgan fingerprint density at radius 3 is 1.58 bits per heavy atom. The average molecular weight is 601 g/mol. The fraction of sp³-hybridized carbons (Fsp3) is 0.718. The summed E-state index contributed by atoms with van der Waals surface area (Å²) in [5.74, 6) is -0.183. The number of unbranched alkanes of at least 4 members (excludes halogenated alkanes) is 14. The van der Waals surface area contributed by atoms with Gasteiger partial charge >= 0.3 is 5.97 Å². The fourth-order valence-corrected chi connectivity index (χ4v) is 4.64. The summed E-state index contributed by atoms with van der Waals surface area (Å²) in [7, 11) is 0. The molecule has 0 aromatic heterocycles. The summed E-state index contributed by atoms with van der Waals surface area (Å²) in [4.78, 5) is 12.0. The zero-order valence-electron chi connectivity index (χ0n) is 28.2. The van der Waals surface area contributed by atoms with Crippen LogP contribution >= 0.6 is 0 Å². The van der Waals surface area contributed by atoms with Gasteiger partial charge < -0.3 is 14.6 Å². The van der Waals surface area contributed by atoms with E-state index in [1.54, 1.807) is 0 Å². The van der Waals surface area contributed by atoms with Gasteiger partial charge in [-0.15, -0.1) is 0 Å². The molecule has 0 aliphatic carbocycles. The summed E-state index contributed by atoms with van der Waals surface area (Å²) in [6.07, 6.45) is 47.0. The van der Waals surface area contributed by atoms with Gasteiger partial charge in [0.05, 0.1) is 6.61 Å². The molecule has 0 amide bonds. The van der Waals surface area contributed by atoms with Crippen LogP contribution in [-0.4, -0.2) is 37.0 Å². The molecule has 43 heavy (non-hydrogen) atoms. The molecule has 0 aliphatic heterocycles. The van der Waals surface area contributed by atoms with Crippen LogP contribution in [0.25, 0.3) is 0 Å². The lowest BCUT2D eigenvalue weighted by Gasteiger charge is -2.15. The van der Waals surface area contributed by atoms with Crippen LogP contribution in [0, 0.1) is 0 Å². The van der Waals surface area contributed by atoms with Crippen LogP contribution in [0.2, 0.25) is 0 Å². The van der Waals surface area contributed by atoms with Crippen LogP contribution in [0.1, 0.15) is 155 Å². The lowest BCUT2D eigenvalue weighted by molar-refractivity contribution is -0.149. The lowest BCUT2D eigenvalue weighted by Crippen LogP contribution is -2.26. The van der Waals surface area contributed by atoms with E-state index in [2.05, 4.69) is 74.6 Å². The van der Waals surface area contributed by atoms with Gasteiger partial charge in [-0.3, -0.25) is 4.79 Å². The zero-order chi connectivity index (χ0) is 31.3. The second-order valence-electron chi connectivity index (χ2n) is 11.5. The van der Waals surface area contributed by atoms with E-state index in [-0.39, 0.29) is 19.2 Å². The summed E-state index contributed by atoms with van der Waals surface area (Å²) in [6, 6.07) is 0. The van der Waals surface area contributed by atoms with Crippen LogP contribution in [0.15, 0.2) is 60.8 Å². The SMILES string of the molecule is CC/C=C\C/C=C\C/C=C\CCCCCCCC(=O)OC[C@H](CO)OCCCCCCCC/C=C\C/C=C\CCCCC. The molecule has 0 rings (SSSR count). The number of ether oxygens (including phenoxy) is 2. The third kappa shape index (κ3) is 34.4. The Morgan fingerprint density at radius 1 is 0.581 bits per heavy atom. The minimum atomic E-state index is -0.414. The second-order valence-corrected chi connectivity index (χ2v) is 11.5. The van der Waals surface area contributed by atoms with Crippen molar-refractivity contribution in [3.63, 3.8) is 0 Å². The minimum Gasteiger partial charge on any atom is -0.463 e. The lowest BCUT2D eigenvalue weighted by atomic mass is 10.1. The van der Waals surface area contributed by atoms with E-state index in [9.17, 15) is 9.90 Å². The van der Waals surface area contributed by atoms with E-state index in [1.165, 1.54) is 70.6 Å². The molecule has 0 aromatic carbocycles. The van der Waals surface area contributed by atoms with Gasteiger partial charge in [-0.2, -0.15) is 0 Å². The quantitative estimate of drug-likeness (QED) is 0.0474. The summed E-state index contributed by atoms with van der Waals surface area (Å²) in [5, 5.41) is 9.55. The summed E-state index contributed by atoms with van der Waals surface area (Å²) < 4.78 is 11.1. The highest BCUT2D eigenvalue weighted by molar-refractivity contribution is 5.69. The highest BCUT2D eigenvalue weighted by Crippen LogP contribution is 2.10. The molecule has 0 fully saturated rings. The van der Waals surface area contributed by atoms with Crippen molar-refractivity contribution >= 4 is 5.97 Å². The largest absolute Gasteiger partial charge is 0.463 e. The molecule has 4 heteroatoms. The standard InChI is InChI=1S/C39H68O4/c1-3-5-7-9-11-13-15-17-19-21-23-25-27-29-31-33-35-42-38(36-40)37-43-39(41)34-32-30-28-26-24-22-20-18-16-14-12-10-8-6-4-2/h6,8,11-14,17-20,38,40H,3-5,7,9-10,15-16,21-37H2,1-2H3/b8-6-,13-11-,14-12-,19-17-,20-18-/t38-/m0/s1. The molecule has 0 heterocycles. The Balaban J connectivity index is 3.52. The summed E-state index contributed by atoms with van der Waals surface area (Å²) in [5.41, 5.74) is 0. The molecule has 1 N–H and O–H groups in total. The number of carbonyl (C=O) groups excluding carboxylic acids is 1. The molecule has 1 atom stereocenters. The van der Waals surface area contributed by atoms with Crippen molar-refractivity contribution in [1.82, 2.24) is 0 Å². The van der Waals surface area contributed by atoms with Gasteiger partial charge in [-0.1, -0.05) is 132 Å². The van der Waals surface area contributed by atoms with Gasteiger partial charge in [0.2, 0.25) is 0 Å². The number of carbonyl (C=O) groups is 1. The van der Waals surface area contributed by atoms with Crippen molar-refractivity contribution in [2.45, 2.75) is 161 Å². The van der Waals surface area contributed by atoms with E-state index in [4.69, 9.17) is 9.47 Å². The molecule has 248 valence electrons. The third-order valence-electron chi connectivity index (χ3n) is 7.36. The molecule has 0 spiro atoms. The summed E-state index contributed by atoms with van der Waals surface area (Å²) in [6.45, 7) is 5.05. The predicted octanol–water partition coefficient (Wildman–Crippen LogP) is 11.3. The normalized spacial score (nSPS) is 13.1. The van der Waals surface area contributed by atoms with Crippen molar-refractivity contribution in [2.24, 2.45) is 0 Å². The first-order chi connectivity index (χ1) is 21.2. The monoisotopic (exact) mass is 601 g/mol. The number of hydrogen-bond donors (Lipinski definition) is 1. The molecule has 0 radical (unpaired) electrons. The predicted molar refractivity (Wildman–Crippen MR) is 186 cm³/mol. The molecule has 0 aliphatic rings. The third-order valence-corrected chi connectivity index (χ3v) is 7.36. The topological polar surface area (TPSA) is 55.8 Å². The fourth-order valence-electron chi connectivity index (χ4n) is 4.64. The number of aliphatic hydroxyl groups is 1. The number of hydrogen-bond acceptors (Lipinski definition) is 4. The van der Waals surface area contributed by atoms with Crippen molar-refractivity contribution in [3.05, 3.63) is 60.8 Å². The molecular weight excluding hydrogens is 532 g/mol. The van der Waals surface area contributed by atoms with Crippen molar-refractivity contribution in [2.75, 3.05) is 19.8 Å². The Bertz CT molecular complexity index is 719. The van der Waals surface area contributed by atoms with Gasteiger partial charge in [0.25, 0.3) is 0 Å². The van der Waals surface area contributed by atoms with Crippen LogP contribution in [0.3, 0.4) is 0 Å². The van der Waals surface area contributed by atoms with E-state index >= 15 is 0 Å². The number of aliphatic hydroxyl groups excluding tert-OH is 1. The smallest absolute Gasteiger partial charge is 0.305 e. The Morgan fingerprint density at radius 2 is 1.05 bits per heavy atom. The maximum atomic E-state index is 12.0. The number of rotatable bonds is 32. The first-order valence-corrected chi connectivity index (χ1v) is 17.9. The van der Waals surface area contributed by atoms with Gasteiger partial charge in [0.15, 0.2) is 0 Å². The van der Waals surface area contributed by atoms with Gasteiger partial charge in [0, 0.05) is 13.0 Å². The van der Waals surface area contributed by atoms with Crippen LogP contribution in [-0.2, 0) is 14.3 Å². The second kappa shape index (κ2) is 36.3. The molecule has 0 unspecified atom stereocenters. The first kappa shape index (κ1) is 41.1. The summed E-state index contributed by atoms with van der Waals surface area (Å²) >= 11 is 0. The number of esters is 1. The van der Waals surface area contributed by atoms with E-state index < -0.39 is 6.10 Å². The molecule has 4 nitrogen and oxygen atoms in total. The van der Waals surface area contributed by atoms with E-state index in [0.29, 0.717) is 13.0 Å². The Labute approximate surface area is 266 Å². The van der Waals surface area contributed by atoms with Gasteiger partial charge in [-0.05, 0) is 77.0 Å². The van der Waals surface area contributed by atoms with E-state index in [1.807, 2.05) is 0 Å². The maximum Gasteiger partial charge on any atom is 0.305 e. The van der Waals surface area contributed by atoms with Crippen LogP contribution < -0.4 is 0 Å². The first-order valence-electron chi connectivity index (χ1n) is 17.9. The van der Waals surface area contributed by atoms with Crippen molar-refractivity contribution < 1.29 is 19.4 Å². The van der Waals surface area contributed by atoms with Crippen LogP contribution in [0.5, 0.6) is 0 Å². The Kier molecular flexibility index (Phi) is 34.7.